The van der Waals surface area contributed by atoms with Crippen molar-refractivity contribution in [1.82, 2.24) is 10.2 Å². The first-order valence-corrected chi connectivity index (χ1v) is 5.96. The molecule has 1 atom stereocenters. The van der Waals surface area contributed by atoms with Crippen LogP contribution in [0.1, 0.15) is 18.5 Å². The highest BCUT2D eigenvalue weighted by Gasteiger charge is 2.20. The van der Waals surface area contributed by atoms with Gasteiger partial charge < -0.3 is 5.32 Å². The summed E-state index contributed by atoms with van der Waals surface area (Å²) < 4.78 is 13.7. The van der Waals surface area contributed by atoms with Gasteiger partial charge in [0.2, 0.25) is 0 Å². The fraction of sp³-hybridized carbons (Fsp3) is 0.500. The van der Waals surface area contributed by atoms with Crippen LogP contribution >= 0.6 is 24.0 Å². The highest BCUT2D eigenvalue weighted by Crippen LogP contribution is 2.25. The molecule has 17 heavy (non-hydrogen) atoms. The topological polar surface area (TPSA) is 15.3 Å². The van der Waals surface area contributed by atoms with Crippen molar-refractivity contribution < 1.29 is 4.39 Å². The Labute approximate surface area is 113 Å². The van der Waals surface area contributed by atoms with Crippen molar-refractivity contribution in [2.24, 2.45) is 0 Å². The minimum Gasteiger partial charge on any atom is -0.314 e. The van der Waals surface area contributed by atoms with E-state index in [2.05, 4.69) is 10.2 Å². The van der Waals surface area contributed by atoms with E-state index in [1.165, 1.54) is 6.07 Å². The summed E-state index contributed by atoms with van der Waals surface area (Å²) in [6.45, 7) is 5.86. The van der Waals surface area contributed by atoms with E-state index in [4.69, 9.17) is 11.6 Å². The zero-order valence-electron chi connectivity index (χ0n) is 9.75. The van der Waals surface area contributed by atoms with Crippen molar-refractivity contribution in [2.75, 3.05) is 26.2 Å². The Bertz CT molecular complexity index is 368. The average Bonchev–Trinajstić information content (AvgIpc) is 2.32. The van der Waals surface area contributed by atoms with Gasteiger partial charge in [-0.05, 0) is 25.1 Å². The van der Waals surface area contributed by atoms with Crippen molar-refractivity contribution in [3.8, 4) is 0 Å². The van der Waals surface area contributed by atoms with Gasteiger partial charge in [-0.1, -0.05) is 11.6 Å². The van der Waals surface area contributed by atoms with Crippen LogP contribution in [0.3, 0.4) is 0 Å². The smallest absolute Gasteiger partial charge is 0.128 e. The molecule has 0 bridgehead atoms. The molecule has 1 aliphatic heterocycles. The zero-order valence-corrected chi connectivity index (χ0v) is 11.3. The van der Waals surface area contributed by atoms with Crippen LogP contribution in [0.15, 0.2) is 18.2 Å². The number of piperazine rings is 1. The molecule has 5 heteroatoms. The third kappa shape index (κ3) is 3.55. The molecule has 1 aromatic carbocycles. The third-order valence-corrected chi connectivity index (χ3v) is 3.34. The van der Waals surface area contributed by atoms with Crippen LogP contribution in [-0.2, 0) is 0 Å². The van der Waals surface area contributed by atoms with Crippen LogP contribution in [0, 0.1) is 5.82 Å². The number of hydrogen-bond donors (Lipinski definition) is 1. The summed E-state index contributed by atoms with van der Waals surface area (Å²) >= 11 is 5.90. The van der Waals surface area contributed by atoms with Crippen LogP contribution in [0.2, 0.25) is 5.02 Å². The molecule has 0 amide bonds. The summed E-state index contributed by atoms with van der Waals surface area (Å²) in [5, 5.41) is 3.88. The number of halogens is 3. The molecule has 0 aliphatic carbocycles. The van der Waals surface area contributed by atoms with E-state index in [0.29, 0.717) is 10.6 Å². The minimum absolute atomic E-state index is 0. The van der Waals surface area contributed by atoms with Gasteiger partial charge in [0.25, 0.3) is 0 Å². The fourth-order valence-electron chi connectivity index (χ4n) is 2.10. The van der Waals surface area contributed by atoms with E-state index >= 15 is 0 Å². The van der Waals surface area contributed by atoms with Gasteiger partial charge in [-0.3, -0.25) is 4.90 Å². The Morgan fingerprint density at radius 2 is 2.00 bits per heavy atom. The van der Waals surface area contributed by atoms with E-state index in [1.54, 1.807) is 12.1 Å². The van der Waals surface area contributed by atoms with Crippen molar-refractivity contribution in [3.05, 3.63) is 34.6 Å². The normalized spacial score (nSPS) is 18.5. The molecule has 0 radical (unpaired) electrons. The highest BCUT2D eigenvalue weighted by atomic mass is 35.5. The maximum absolute atomic E-state index is 13.7. The molecule has 1 fully saturated rings. The predicted molar refractivity (Wildman–Crippen MR) is 71.5 cm³/mol. The van der Waals surface area contributed by atoms with Gasteiger partial charge in [0, 0.05) is 42.8 Å². The number of hydrogen-bond acceptors (Lipinski definition) is 2. The summed E-state index contributed by atoms with van der Waals surface area (Å²) in [4.78, 5) is 2.27. The highest BCUT2D eigenvalue weighted by molar-refractivity contribution is 6.30. The summed E-state index contributed by atoms with van der Waals surface area (Å²) in [6, 6.07) is 4.84. The molecular weight excluding hydrogens is 262 g/mol. The third-order valence-electron chi connectivity index (χ3n) is 3.11. The quantitative estimate of drug-likeness (QED) is 0.895. The van der Waals surface area contributed by atoms with Crippen molar-refractivity contribution in [3.63, 3.8) is 0 Å². The fourth-order valence-corrected chi connectivity index (χ4v) is 2.28. The van der Waals surface area contributed by atoms with E-state index in [0.717, 1.165) is 26.2 Å². The predicted octanol–water partition coefficient (Wildman–Crippen LogP) is 2.87. The van der Waals surface area contributed by atoms with Gasteiger partial charge in [0.05, 0.1) is 0 Å². The van der Waals surface area contributed by atoms with Gasteiger partial charge >= 0.3 is 0 Å². The summed E-state index contributed by atoms with van der Waals surface area (Å²) in [5.41, 5.74) is 0.689. The number of benzene rings is 1. The summed E-state index contributed by atoms with van der Waals surface area (Å²) in [5.74, 6) is -0.171. The first-order valence-electron chi connectivity index (χ1n) is 5.58. The molecule has 1 N–H and O–H groups in total. The van der Waals surface area contributed by atoms with E-state index in [-0.39, 0.29) is 24.3 Å². The van der Waals surface area contributed by atoms with Crippen molar-refractivity contribution in [1.29, 1.82) is 0 Å². The Kier molecular flexibility index (Phi) is 5.67. The molecule has 1 saturated heterocycles. The van der Waals surface area contributed by atoms with Crippen LogP contribution in [0.25, 0.3) is 0 Å². The lowest BCUT2D eigenvalue weighted by atomic mass is 10.1. The summed E-state index contributed by atoms with van der Waals surface area (Å²) in [7, 11) is 0. The molecule has 0 saturated carbocycles. The molecule has 0 spiro atoms. The number of nitrogens with one attached hydrogen (secondary N) is 1. The van der Waals surface area contributed by atoms with Crippen molar-refractivity contribution >= 4 is 24.0 Å². The standard InChI is InChI=1S/C12H16ClFN2.ClH/c1-9(16-6-4-15-5-7-16)11-8-10(13)2-3-12(11)14;/h2-3,8-9,15H,4-7H2,1H3;1H/t9-;/m1./s1. The molecule has 2 nitrogen and oxygen atoms in total. The minimum atomic E-state index is -0.171. The summed E-state index contributed by atoms with van der Waals surface area (Å²) in [6.07, 6.45) is 0. The molecular formula is C12H17Cl2FN2. The Morgan fingerprint density at radius 1 is 1.35 bits per heavy atom. The van der Waals surface area contributed by atoms with Gasteiger partial charge in [0.1, 0.15) is 5.82 Å². The van der Waals surface area contributed by atoms with Crippen LogP contribution in [0.4, 0.5) is 4.39 Å². The zero-order chi connectivity index (χ0) is 11.5. The van der Waals surface area contributed by atoms with Crippen molar-refractivity contribution in [2.45, 2.75) is 13.0 Å². The number of rotatable bonds is 2. The lowest BCUT2D eigenvalue weighted by Gasteiger charge is -2.33. The SMILES string of the molecule is C[C@H](c1cc(Cl)ccc1F)N1CCNCC1.Cl. The molecule has 1 aromatic rings. The van der Waals surface area contributed by atoms with Crippen LogP contribution < -0.4 is 5.32 Å². The lowest BCUT2D eigenvalue weighted by molar-refractivity contribution is 0.182. The molecule has 1 aliphatic rings. The maximum Gasteiger partial charge on any atom is 0.128 e. The van der Waals surface area contributed by atoms with Crippen LogP contribution in [0.5, 0.6) is 0 Å². The van der Waals surface area contributed by atoms with Gasteiger partial charge in [0.15, 0.2) is 0 Å². The van der Waals surface area contributed by atoms with E-state index < -0.39 is 0 Å². The molecule has 1 heterocycles. The first-order chi connectivity index (χ1) is 7.68. The maximum atomic E-state index is 13.7. The molecule has 2 rings (SSSR count). The van der Waals surface area contributed by atoms with Gasteiger partial charge in [-0.25, -0.2) is 4.39 Å². The Hall–Kier alpha value is -0.350. The number of nitrogens with zero attached hydrogens (tertiary/aromatic N) is 1. The first kappa shape index (κ1) is 14.7. The second-order valence-electron chi connectivity index (χ2n) is 4.13. The largest absolute Gasteiger partial charge is 0.314 e. The molecule has 96 valence electrons. The molecule has 0 unspecified atom stereocenters. The van der Waals surface area contributed by atoms with Gasteiger partial charge in [-0.15, -0.1) is 12.4 Å². The Morgan fingerprint density at radius 3 is 2.65 bits per heavy atom. The lowest BCUT2D eigenvalue weighted by Crippen LogP contribution is -2.44. The Balaban J connectivity index is 0.00000144. The van der Waals surface area contributed by atoms with Crippen LogP contribution in [-0.4, -0.2) is 31.1 Å². The van der Waals surface area contributed by atoms with Gasteiger partial charge in [-0.2, -0.15) is 0 Å². The molecule has 0 aromatic heterocycles. The van der Waals surface area contributed by atoms with E-state index in [1.807, 2.05) is 6.92 Å². The average molecular weight is 279 g/mol. The monoisotopic (exact) mass is 278 g/mol. The second-order valence-corrected chi connectivity index (χ2v) is 4.56. The second kappa shape index (κ2) is 6.55. The van der Waals surface area contributed by atoms with E-state index in [9.17, 15) is 4.39 Å².